The van der Waals surface area contributed by atoms with Gasteiger partial charge in [-0.15, -0.1) is 11.3 Å². The van der Waals surface area contributed by atoms with Gasteiger partial charge in [-0.2, -0.15) is 0 Å². The summed E-state index contributed by atoms with van der Waals surface area (Å²) in [5, 5.41) is 5.67. The molecule has 0 atom stereocenters. The van der Waals surface area contributed by atoms with Gasteiger partial charge in [-0.3, -0.25) is 4.79 Å². The Morgan fingerprint density at radius 2 is 2.41 bits per heavy atom. The van der Waals surface area contributed by atoms with Gasteiger partial charge in [0, 0.05) is 17.3 Å². The van der Waals surface area contributed by atoms with Crippen LogP contribution in [0.2, 0.25) is 0 Å². The van der Waals surface area contributed by atoms with E-state index in [2.05, 4.69) is 31.2 Å². The highest BCUT2D eigenvalue weighted by atomic mass is 79.9. The summed E-state index contributed by atoms with van der Waals surface area (Å²) in [6, 6.07) is 3.45. The van der Waals surface area contributed by atoms with Gasteiger partial charge in [0.2, 0.25) is 0 Å². The number of nitrogens with zero attached hydrogens (tertiary/aromatic N) is 2. The summed E-state index contributed by atoms with van der Waals surface area (Å²) in [4.78, 5) is 20.1. The molecule has 4 nitrogen and oxygen atoms in total. The molecule has 0 unspecified atom stereocenters. The zero-order valence-electron chi connectivity index (χ0n) is 9.11. The van der Waals surface area contributed by atoms with Crippen molar-refractivity contribution in [2.45, 2.75) is 13.5 Å². The summed E-state index contributed by atoms with van der Waals surface area (Å²) < 4.78 is 0.549. The van der Waals surface area contributed by atoms with Crippen molar-refractivity contribution >= 4 is 33.2 Å². The quantitative estimate of drug-likeness (QED) is 0.886. The summed E-state index contributed by atoms with van der Waals surface area (Å²) in [5.74, 6) is -0.155. The number of thiazole rings is 1. The van der Waals surface area contributed by atoms with Crippen LogP contribution in [0, 0.1) is 6.92 Å². The van der Waals surface area contributed by atoms with Gasteiger partial charge in [0.25, 0.3) is 5.91 Å². The number of rotatable bonds is 3. The van der Waals surface area contributed by atoms with Gasteiger partial charge >= 0.3 is 0 Å². The Bertz CT molecular complexity index is 541. The first-order valence-electron chi connectivity index (χ1n) is 4.96. The van der Waals surface area contributed by atoms with Gasteiger partial charge in [0.15, 0.2) is 0 Å². The fourth-order valence-corrected chi connectivity index (χ4v) is 2.43. The van der Waals surface area contributed by atoms with Crippen LogP contribution in [-0.2, 0) is 6.54 Å². The summed E-state index contributed by atoms with van der Waals surface area (Å²) in [6.07, 6.45) is 1.63. The number of pyridine rings is 1. The van der Waals surface area contributed by atoms with Crippen molar-refractivity contribution in [3.05, 3.63) is 44.6 Å². The summed E-state index contributed by atoms with van der Waals surface area (Å²) in [7, 11) is 0. The van der Waals surface area contributed by atoms with Crippen molar-refractivity contribution in [2.24, 2.45) is 0 Å². The molecule has 0 bridgehead atoms. The van der Waals surface area contributed by atoms with E-state index in [1.165, 1.54) is 11.3 Å². The Labute approximate surface area is 111 Å². The minimum absolute atomic E-state index is 0.155. The molecule has 2 heterocycles. The molecule has 88 valence electrons. The lowest BCUT2D eigenvalue weighted by atomic mass is 10.3. The number of hydrogen-bond acceptors (Lipinski definition) is 4. The van der Waals surface area contributed by atoms with E-state index in [1.54, 1.807) is 18.3 Å². The van der Waals surface area contributed by atoms with Crippen molar-refractivity contribution in [1.29, 1.82) is 0 Å². The third-order valence-electron chi connectivity index (χ3n) is 2.07. The molecule has 2 aromatic heterocycles. The fourth-order valence-electron chi connectivity index (χ4n) is 1.29. The molecule has 0 fully saturated rings. The second kappa shape index (κ2) is 5.37. The highest BCUT2D eigenvalue weighted by molar-refractivity contribution is 9.10. The number of nitrogens with one attached hydrogen (secondary N) is 1. The molecule has 0 spiro atoms. The second-order valence-corrected chi connectivity index (χ2v) is 5.10. The van der Waals surface area contributed by atoms with Crippen LogP contribution in [-0.4, -0.2) is 15.9 Å². The van der Waals surface area contributed by atoms with Crippen LogP contribution in [0.15, 0.2) is 28.3 Å². The zero-order valence-corrected chi connectivity index (χ0v) is 11.5. The first-order chi connectivity index (χ1) is 8.16. The van der Waals surface area contributed by atoms with Crippen LogP contribution < -0.4 is 5.32 Å². The van der Waals surface area contributed by atoms with E-state index < -0.39 is 0 Å². The Balaban J connectivity index is 2.01. The third-order valence-corrected chi connectivity index (χ3v) is 3.67. The maximum atomic E-state index is 11.8. The minimum atomic E-state index is -0.155. The van der Waals surface area contributed by atoms with Crippen LogP contribution in [0.3, 0.4) is 0 Å². The Morgan fingerprint density at radius 3 is 3.06 bits per heavy atom. The maximum absolute atomic E-state index is 11.8. The lowest BCUT2D eigenvalue weighted by Crippen LogP contribution is -2.23. The molecule has 0 saturated carbocycles. The largest absolute Gasteiger partial charge is 0.345 e. The minimum Gasteiger partial charge on any atom is -0.345 e. The fraction of sp³-hybridized carbons (Fsp3) is 0.182. The Kier molecular flexibility index (Phi) is 3.86. The average molecular weight is 312 g/mol. The molecule has 0 aliphatic heterocycles. The number of hydrogen-bond donors (Lipinski definition) is 1. The van der Waals surface area contributed by atoms with Gasteiger partial charge in [0.05, 0.1) is 12.1 Å². The van der Waals surface area contributed by atoms with E-state index in [9.17, 15) is 4.79 Å². The summed E-state index contributed by atoms with van der Waals surface area (Å²) in [6.45, 7) is 2.37. The monoisotopic (exact) mass is 311 g/mol. The number of halogens is 1. The van der Waals surface area contributed by atoms with Gasteiger partial charge in [-0.1, -0.05) is 0 Å². The molecule has 2 rings (SSSR count). The number of amides is 1. The van der Waals surface area contributed by atoms with Crippen LogP contribution in [0.4, 0.5) is 0 Å². The Hall–Kier alpha value is -1.27. The molecule has 0 radical (unpaired) electrons. The number of carbonyl (C=O) groups is 1. The van der Waals surface area contributed by atoms with Crippen LogP contribution >= 0.6 is 27.3 Å². The Morgan fingerprint density at radius 1 is 1.59 bits per heavy atom. The van der Waals surface area contributed by atoms with E-state index in [-0.39, 0.29) is 5.91 Å². The number of aryl methyl sites for hydroxylation is 1. The van der Waals surface area contributed by atoms with Crippen molar-refractivity contribution in [1.82, 2.24) is 15.3 Å². The van der Waals surface area contributed by atoms with Crippen molar-refractivity contribution < 1.29 is 4.79 Å². The topological polar surface area (TPSA) is 54.9 Å². The smallest absolute Gasteiger partial charge is 0.254 e. The standard InChI is InChI=1S/C11H10BrN3OS/c1-7-6-17-9(15-7)5-14-11(16)8-3-2-4-13-10(8)12/h2-4,6H,5H2,1H3,(H,14,16). The van der Waals surface area contributed by atoms with Gasteiger partial charge in [0.1, 0.15) is 9.61 Å². The zero-order chi connectivity index (χ0) is 12.3. The molecule has 1 N–H and O–H groups in total. The van der Waals surface area contributed by atoms with Crippen molar-refractivity contribution in [3.63, 3.8) is 0 Å². The first-order valence-corrected chi connectivity index (χ1v) is 6.64. The van der Waals surface area contributed by atoms with Gasteiger partial charge in [-0.25, -0.2) is 9.97 Å². The average Bonchev–Trinajstić information content (AvgIpc) is 2.73. The van der Waals surface area contributed by atoms with Crippen molar-refractivity contribution in [3.8, 4) is 0 Å². The second-order valence-electron chi connectivity index (χ2n) is 3.41. The van der Waals surface area contributed by atoms with Gasteiger partial charge < -0.3 is 5.32 Å². The lowest BCUT2D eigenvalue weighted by molar-refractivity contribution is 0.0949. The molecule has 0 aromatic carbocycles. The van der Waals surface area contributed by atoms with E-state index in [0.29, 0.717) is 16.7 Å². The molecule has 0 aliphatic carbocycles. The number of carbonyl (C=O) groups excluding carboxylic acids is 1. The molecule has 0 saturated heterocycles. The molecular formula is C11H10BrN3OS. The third kappa shape index (κ3) is 3.10. The van der Waals surface area contributed by atoms with E-state index in [0.717, 1.165) is 10.7 Å². The van der Waals surface area contributed by atoms with E-state index in [4.69, 9.17) is 0 Å². The molecular weight excluding hydrogens is 302 g/mol. The predicted octanol–water partition coefficient (Wildman–Crippen LogP) is 2.54. The lowest BCUT2D eigenvalue weighted by Gasteiger charge is -2.04. The SMILES string of the molecule is Cc1csc(CNC(=O)c2cccnc2Br)n1. The molecule has 17 heavy (non-hydrogen) atoms. The van der Waals surface area contributed by atoms with Crippen molar-refractivity contribution in [2.75, 3.05) is 0 Å². The predicted molar refractivity (Wildman–Crippen MR) is 70.0 cm³/mol. The highest BCUT2D eigenvalue weighted by Gasteiger charge is 2.10. The van der Waals surface area contributed by atoms with E-state index in [1.807, 2.05) is 12.3 Å². The summed E-state index contributed by atoms with van der Waals surface area (Å²) in [5.41, 5.74) is 1.50. The first kappa shape index (κ1) is 12.2. The van der Waals surface area contributed by atoms with Crippen LogP contribution in [0.1, 0.15) is 21.1 Å². The van der Waals surface area contributed by atoms with Crippen LogP contribution in [0.25, 0.3) is 0 Å². The van der Waals surface area contributed by atoms with E-state index >= 15 is 0 Å². The highest BCUT2D eigenvalue weighted by Crippen LogP contribution is 2.13. The molecule has 0 aliphatic rings. The normalized spacial score (nSPS) is 10.2. The van der Waals surface area contributed by atoms with Crippen LogP contribution in [0.5, 0.6) is 0 Å². The number of aromatic nitrogens is 2. The van der Waals surface area contributed by atoms with Gasteiger partial charge in [-0.05, 0) is 35.0 Å². The molecule has 6 heteroatoms. The molecule has 2 aromatic rings. The summed E-state index contributed by atoms with van der Waals surface area (Å²) >= 11 is 4.78. The maximum Gasteiger partial charge on any atom is 0.254 e. The molecule has 1 amide bonds.